The molecule has 1 fully saturated rings. The van der Waals surface area contributed by atoms with Crippen molar-refractivity contribution in [3.63, 3.8) is 0 Å². The molecule has 2 aromatic heterocycles. The molecular formula is C24H22FN3O3S2. The molecule has 0 unspecified atom stereocenters. The Morgan fingerprint density at radius 3 is 2.64 bits per heavy atom. The number of ether oxygens (including phenoxy) is 1. The van der Waals surface area contributed by atoms with Gasteiger partial charge in [0.15, 0.2) is 3.95 Å². The summed E-state index contributed by atoms with van der Waals surface area (Å²) in [5.41, 5.74) is 0.717. The fraction of sp³-hybridized carbons (Fsp3) is 0.250. The van der Waals surface area contributed by atoms with E-state index < -0.39 is 5.63 Å². The number of nitrogens with zero attached hydrogens (tertiary/aromatic N) is 3. The van der Waals surface area contributed by atoms with Crippen molar-refractivity contribution in [2.24, 2.45) is 0 Å². The van der Waals surface area contributed by atoms with Crippen LogP contribution in [0.5, 0.6) is 5.75 Å². The molecule has 0 spiro atoms. The Morgan fingerprint density at radius 2 is 1.82 bits per heavy atom. The third-order valence-corrected chi connectivity index (χ3v) is 7.03. The number of para-hydroxylation sites is 2. The van der Waals surface area contributed by atoms with E-state index in [4.69, 9.17) is 21.4 Å². The molecule has 0 radical (unpaired) electrons. The highest BCUT2D eigenvalue weighted by Gasteiger charge is 2.20. The zero-order chi connectivity index (χ0) is 22.8. The van der Waals surface area contributed by atoms with Gasteiger partial charge < -0.3 is 18.6 Å². The molecule has 0 N–H and O–H groups in total. The Labute approximate surface area is 199 Å². The Kier molecular flexibility index (Phi) is 6.26. The summed E-state index contributed by atoms with van der Waals surface area (Å²) in [6.07, 6.45) is 2.00. The minimum atomic E-state index is -0.441. The van der Waals surface area contributed by atoms with Crippen LogP contribution in [0.15, 0.2) is 70.0 Å². The van der Waals surface area contributed by atoms with Crippen LogP contribution in [0.25, 0.3) is 11.0 Å². The van der Waals surface area contributed by atoms with Gasteiger partial charge in [-0.2, -0.15) is 0 Å². The zero-order valence-corrected chi connectivity index (χ0v) is 19.4. The molecule has 3 heterocycles. The number of hydrogen-bond donors (Lipinski definition) is 0. The van der Waals surface area contributed by atoms with Crippen molar-refractivity contribution in [1.82, 2.24) is 9.47 Å². The van der Waals surface area contributed by atoms with E-state index >= 15 is 0 Å². The van der Waals surface area contributed by atoms with Crippen LogP contribution in [0.1, 0.15) is 4.88 Å². The minimum absolute atomic E-state index is 0.181. The standard InChI is InChI=1S/C24H22FN3O3S2/c25-19-6-2-3-7-20(19)27-11-9-26(10-12-27)16-28-14-17(33-24(28)32)15-30-22-13-23(29)31-21-8-4-1-5-18(21)22/h1-8,13-14H,9-12,15-16H2. The first-order chi connectivity index (χ1) is 16.1. The van der Waals surface area contributed by atoms with E-state index in [0.29, 0.717) is 30.3 Å². The second kappa shape index (κ2) is 9.46. The molecule has 0 bridgehead atoms. The Morgan fingerprint density at radius 1 is 1.06 bits per heavy atom. The molecule has 1 aliphatic heterocycles. The molecule has 33 heavy (non-hydrogen) atoms. The highest BCUT2D eigenvalue weighted by molar-refractivity contribution is 7.73. The molecule has 0 saturated carbocycles. The number of fused-ring (bicyclic) bond motifs is 1. The van der Waals surface area contributed by atoms with E-state index in [-0.39, 0.29) is 5.82 Å². The predicted molar refractivity (Wildman–Crippen MR) is 130 cm³/mol. The lowest BCUT2D eigenvalue weighted by atomic mass is 10.2. The van der Waals surface area contributed by atoms with Crippen molar-refractivity contribution in [2.45, 2.75) is 13.3 Å². The first-order valence-electron chi connectivity index (χ1n) is 10.6. The first-order valence-corrected chi connectivity index (χ1v) is 11.9. The van der Waals surface area contributed by atoms with Crippen molar-refractivity contribution in [3.8, 4) is 5.75 Å². The lowest BCUT2D eigenvalue weighted by Crippen LogP contribution is -2.47. The number of rotatable bonds is 6. The van der Waals surface area contributed by atoms with Crippen molar-refractivity contribution in [3.05, 3.63) is 85.9 Å². The second-order valence-corrected chi connectivity index (χ2v) is 9.61. The number of benzene rings is 2. The fourth-order valence-corrected chi connectivity index (χ4v) is 5.17. The van der Waals surface area contributed by atoms with Crippen LogP contribution in [0.2, 0.25) is 0 Å². The van der Waals surface area contributed by atoms with Crippen LogP contribution in [-0.4, -0.2) is 35.6 Å². The van der Waals surface area contributed by atoms with E-state index in [9.17, 15) is 9.18 Å². The second-order valence-electron chi connectivity index (χ2n) is 7.85. The van der Waals surface area contributed by atoms with Crippen LogP contribution >= 0.6 is 23.6 Å². The largest absolute Gasteiger partial charge is 0.487 e. The maximum absolute atomic E-state index is 14.1. The molecule has 170 valence electrons. The van der Waals surface area contributed by atoms with Gasteiger partial charge in [0.05, 0.1) is 28.7 Å². The van der Waals surface area contributed by atoms with Gasteiger partial charge in [0.25, 0.3) is 0 Å². The van der Waals surface area contributed by atoms with Crippen LogP contribution in [0.4, 0.5) is 10.1 Å². The molecule has 2 aromatic carbocycles. The summed E-state index contributed by atoms with van der Waals surface area (Å²) in [5.74, 6) is 0.316. The smallest absolute Gasteiger partial charge is 0.339 e. The summed E-state index contributed by atoms with van der Waals surface area (Å²) in [7, 11) is 0. The highest BCUT2D eigenvalue weighted by atomic mass is 32.1. The number of anilines is 1. The Bertz CT molecular complexity index is 1390. The average molecular weight is 484 g/mol. The summed E-state index contributed by atoms with van der Waals surface area (Å²) < 4.78 is 28.0. The van der Waals surface area contributed by atoms with E-state index in [1.165, 1.54) is 23.5 Å². The van der Waals surface area contributed by atoms with Gasteiger partial charge in [0, 0.05) is 32.4 Å². The summed E-state index contributed by atoms with van der Waals surface area (Å²) in [4.78, 5) is 17.2. The molecule has 1 aliphatic rings. The number of piperazine rings is 1. The number of aromatic nitrogens is 1. The third kappa shape index (κ3) is 4.85. The van der Waals surface area contributed by atoms with E-state index in [2.05, 4.69) is 9.80 Å². The van der Waals surface area contributed by atoms with Crippen LogP contribution in [0, 0.1) is 9.77 Å². The maximum Gasteiger partial charge on any atom is 0.339 e. The number of hydrogen-bond acceptors (Lipinski definition) is 7. The minimum Gasteiger partial charge on any atom is -0.487 e. The van der Waals surface area contributed by atoms with Gasteiger partial charge in [0.1, 0.15) is 23.8 Å². The molecule has 1 saturated heterocycles. The first kappa shape index (κ1) is 21.8. The lowest BCUT2D eigenvalue weighted by Gasteiger charge is -2.36. The molecule has 5 rings (SSSR count). The normalized spacial score (nSPS) is 14.6. The van der Waals surface area contributed by atoms with Gasteiger partial charge in [-0.25, -0.2) is 9.18 Å². The Hall–Kier alpha value is -3.01. The third-order valence-electron chi connectivity index (χ3n) is 5.65. The predicted octanol–water partition coefficient (Wildman–Crippen LogP) is 4.88. The molecule has 0 atom stereocenters. The summed E-state index contributed by atoms with van der Waals surface area (Å²) >= 11 is 7.06. The molecule has 0 aliphatic carbocycles. The summed E-state index contributed by atoms with van der Waals surface area (Å²) in [5, 5.41) is 0.757. The fourth-order valence-electron chi connectivity index (χ4n) is 3.99. The summed E-state index contributed by atoms with van der Waals surface area (Å²) in [6.45, 7) is 4.16. The Balaban J connectivity index is 1.22. The van der Waals surface area contributed by atoms with Gasteiger partial charge in [-0.05, 0) is 36.5 Å². The number of halogens is 1. The monoisotopic (exact) mass is 483 g/mol. The SMILES string of the molecule is O=c1cc(OCc2cn(CN3CCN(c4ccccc4F)CC3)c(=S)s2)c2ccccc2o1. The molecule has 0 amide bonds. The van der Waals surface area contributed by atoms with Gasteiger partial charge in [0.2, 0.25) is 0 Å². The molecule has 9 heteroatoms. The van der Waals surface area contributed by atoms with E-state index in [0.717, 1.165) is 40.4 Å². The lowest BCUT2D eigenvalue weighted by molar-refractivity contribution is 0.205. The van der Waals surface area contributed by atoms with Crippen molar-refractivity contribution in [2.75, 3.05) is 31.1 Å². The molecular weight excluding hydrogens is 461 g/mol. The quantitative estimate of drug-likeness (QED) is 0.288. The van der Waals surface area contributed by atoms with Gasteiger partial charge >= 0.3 is 5.63 Å². The van der Waals surface area contributed by atoms with Crippen LogP contribution in [0.3, 0.4) is 0 Å². The van der Waals surface area contributed by atoms with Crippen LogP contribution in [-0.2, 0) is 13.3 Å². The van der Waals surface area contributed by atoms with Crippen molar-refractivity contribution in [1.29, 1.82) is 0 Å². The molecule has 6 nitrogen and oxygen atoms in total. The van der Waals surface area contributed by atoms with E-state index in [1.807, 2.05) is 41.1 Å². The van der Waals surface area contributed by atoms with Gasteiger partial charge in [-0.1, -0.05) is 24.3 Å². The number of thiazole rings is 1. The van der Waals surface area contributed by atoms with Crippen molar-refractivity contribution >= 4 is 40.2 Å². The molecule has 4 aromatic rings. The topological polar surface area (TPSA) is 50.9 Å². The van der Waals surface area contributed by atoms with Gasteiger partial charge in [-0.3, -0.25) is 4.90 Å². The summed E-state index contributed by atoms with van der Waals surface area (Å²) in [6, 6.07) is 15.6. The highest BCUT2D eigenvalue weighted by Crippen LogP contribution is 2.25. The zero-order valence-electron chi connectivity index (χ0n) is 17.8. The maximum atomic E-state index is 14.1. The van der Waals surface area contributed by atoms with Crippen molar-refractivity contribution < 1.29 is 13.5 Å². The van der Waals surface area contributed by atoms with Crippen LogP contribution < -0.4 is 15.3 Å². The van der Waals surface area contributed by atoms with E-state index in [1.54, 1.807) is 12.1 Å². The van der Waals surface area contributed by atoms with Gasteiger partial charge in [-0.15, -0.1) is 11.3 Å². The average Bonchev–Trinajstić information content (AvgIpc) is 3.17.